The molecule has 1 aromatic heterocycles. The number of thioether (sulfide) groups is 1. The third-order valence-corrected chi connectivity index (χ3v) is 3.16. The molecule has 1 N–H and O–H groups in total. The standard InChI is InChI=1S/C7H11NOS2/c1-5(9)6-3-8-7(11-6)4-10-2/h3,5,9H,4H2,1-2H3. The largest absolute Gasteiger partial charge is 0.388 e. The molecule has 0 aliphatic carbocycles. The molecular formula is C7H11NOS2. The summed E-state index contributed by atoms with van der Waals surface area (Å²) < 4.78 is 0. The lowest BCUT2D eigenvalue weighted by Crippen LogP contribution is -1.83. The summed E-state index contributed by atoms with van der Waals surface area (Å²) in [6.07, 6.45) is 3.42. The molecule has 1 rings (SSSR count). The fourth-order valence-corrected chi connectivity index (χ4v) is 2.27. The molecule has 0 aliphatic heterocycles. The molecule has 0 amide bonds. The maximum absolute atomic E-state index is 9.17. The van der Waals surface area contributed by atoms with Crippen molar-refractivity contribution >= 4 is 23.1 Å². The summed E-state index contributed by atoms with van der Waals surface area (Å²) in [5.74, 6) is 0.942. The number of hydrogen-bond acceptors (Lipinski definition) is 4. The van der Waals surface area contributed by atoms with E-state index in [-0.39, 0.29) is 6.10 Å². The Hall–Kier alpha value is -0.0600. The Morgan fingerprint density at radius 2 is 2.55 bits per heavy atom. The van der Waals surface area contributed by atoms with Crippen LogP contribution in [-0.4, -0.2) is 16.3 Å². The van der Waals surface area contributed by atoms with E-state index in [2.05, 4.69) is 4.98 Å². The third kappa shape index (κ3) is 2.47. The van der Waals surface area contributed by atoms with E-state index in [1.54, 1.807) is 36.2 Å². The number of nitrogens with zero attached hydrogens (tertiary/aromatic N) is 1. The smallest absolute Gasteiger partial charge is 0.103 e. The highest BCUT2D eigenvalue weighted by molar-refractivity contribution is 7.97. The van der Waals surface area contributed by atoms with Crippen molar-refractivity contribution in [1.29, 1.82) is 0 Å². The second-order valence-corrected chi connectivity index (χ2v) is 4.28. The first-order chi connectivity index (χ1) is 5.24. The maximum Gasteiger partial charge on any atom is 0.103 e. The lowest BCUT2D eigenvalue weighted by Gasteiger charge is -1.95. The molecule has 0 spiro atoms. The van der Waals surface area contributed by atoms with Crippen LogP contribution in [0.2, 0.25) is 0 Å². The van der Waals surface area contributed by atoms with Gasteiger partial charge < -0.3 is 5.11 Å². The van der Waals surface area contributed by atoms with Crippen LogP contribution in [0.3, 0.4) is 0 Å². The Morgan fingerprint density at radius 3 is 3.00 bits per heavy atom. The highest BCUT2D eigenvalue weighted by atomic mass is 32.2. The Balaban J connectivity index is 2.66. The minimum absolute atomic E-state index is 0.372. The van der Waals surface area contributed by atoms with Gasteiger partial charge in [0, 0.05) is 11.9 Å². The molecule has 0 saturated carbocycles. The molecule has 0 saturated heterocycles. The first-order valence-corrected chi connectivity index (χ1v) is 5.56. The van der Waals surface area contributed by atoms with Crippen LogP contribution in [0.5, 0.6) is 0 Å². The van der Waals surface area contributed by atoms with Gasteiger partial charge in [0.1, 0.15) is 5.01 Å². The number of thiazole rings is 1. The molecule has 0 aromatic carbocycles. The zero-order valence-corrected chi connectivity index (χ0v) is 8.21. The van der Waals surface area contributed by atoms with Gasteiger partial charge in [0.15, 0.2) is 0 Å². The van der Waals surface area contributed by atoms with Crippen LogP contribution < -0.4 is 0 Å². The average Bonchev–Trinajstić information content (AvgIpc) is 2.37. The third-order valence-electron chi connectivity index (χ3n) is 1.25. The van der Waals surface area contributed by atoms with Gasteiger partial charge in [0.25, 0.3) is 0 Å². The van der Waals surface area contributed by atoms with Crippen molar-refractivity contribution in [2.45, 2.75) is 18.8 Å². The van der Waals surface area contributed by atoms with Crippen molar-refractivity contribution in [3.63, 3.8) is 0 Å². The fourth-order valence-electron chi connectivity index (χ4n) is 0.708. The summed E-state index contributed by atoms with van der Waals surface area (Å²) >= 11 is 3.33. The molecule has 0 fully saturated rings. The van der Waals surface area contributed by atoms with Gasteiger partial charge in [-0.15, -0.1) is 11.3 Å². The summed E-state index contributed by atoms with van der Waals surface area (Å²) in [7, 11) is 0. The second kappa shape index (κ2) is 4.09. The van der Waals surface area contributed by atoms with Crippen molar-refractivity contribution in [3.05, 3.63) is 16.1 Å². The van der Waals surface area contributed by atoms with E-state index in [9.17, 15) is 0 Å². The van der Waals surface area contributed by atoms with Gasteiger partial charge in [-0.05, 0) is 13.2 Å². The van der Waals surface area contributed by atoms with E-state index in [0.29, 0.717) is 0 Å². The van der Waals surface area contributed by atoms with Crippen LogP contribution in [0, 0.1) is 0 Å². The summed E-state index contributed by atoms with van der Waals surface area (Å²) in [6, 6.07) is 0. The zero-order chi connectivity index (χ0) is 8.27. The lowest BCUT2D eigenvalue weighted by molar-refractivity contribution is 0.203. The zero-order valence-electron chi connectivity index (χ0n) is 6.57. The molecule has 1 heterocycles. The predicted molar refractivity (Wildman–Crippen MR) is 50.0 cm³/mol. The summed E-state index contributed by atoms with van der Waals surface area (Å²) in [4.78, 5) is 5.12. The molecular weight excluding hydrogens is 178 g/mol. The molecule has 0 radical (unpaired) electrons. The molecule has 11 heavy (non-hydrogen) atoms. The quantitative estimate of drug-likeness (QED) is 0.790. The van der Waals surface area contributed by atoms with Crippen LogP contribution in [-0.2, 0) is 5.75 Å². The lowest BCUT2D eigenvalue weighted by atomic mass is 10.4. The Labute approximate surface area is 74.7 Å². The van der Waals surface area contributed by atoms with E-state index in [1.165, 1.54) is 0 Å². The van der Waals surface area contributed by atoms with Crippen molar-refractivity contribution < 1.29 is 5.11 Å². The predicted octanol–water partition coefficient (Wildman–Crippen LogP) is 2.06. The minimum atomic E-state index is -0.372. The number of hydrogen-bond donors (Lipinski definition) is 1. The van der Waals surface area contributed by atoms with Gasteiger partial charge in [0.2, 0.25) is 0 Å². The van der Waals surface area contributed by atoms with E-state index < -0.39 is 0 Å². The van der Waals surface area contributed by atoms with Crippen LogP contribution in [0.1, 0.15) is 22.9 Å². The van der Waals surface area contributed by atoms with Gasteiger partial charge in [-0.1, -0.05) is 0 Å². The van der Waals surface area contributed by atoms with Crippen LogP contribution in [0.4, 0.5) is 0 Å². The molecule has 1 atom stereocenters. The summed E-state index contributed by atoms with van der Waals surface area (Å²) in [6.45, 7) is 1.76. The normalized spacial score (nSPS) is 13.4. The Morgan fingerprint density at radius 1 is 1.82 bits per heavy atom. The molecule has 2 nitrogen and oxygen atoms in total. The Kier molecular flexibility index (Phi) is 3.36. The average molecular weight is 189 g/mol. The highest BCUT2D eigenvalue weighted by Gasteiger charge is 2.05. The van der Waals surface area contributed by atoms with E-state index in [4.69, 9.17) is 5.11 Å². The molecule has 1 unspecified atom stereocenters. The Bertz CT molecular complexity index is 222. The maximum atomic E-state index is 9.17. The molecule has 4 heteroatoms. The van der Waals surface area contributed by atoms with Gasteiger partial charge in [0.05, 0.1) is 11.0 Å². The first kappa shape index (κ1) is 9.03. The van der Waals surface area contributed by atoms with Crippen molar-refractivity contribution in [1.82, 2.24) is 4.98 Å². The number of aromatic nitrogens is 1. The molecule has 62 valence electrons. The number of aliphatic hydroxyl groups is 1. The summed E-state index contributed by atoms with van der Waals surface area (Å²) in [5.41, 5.74) is 0. The van der Waals surface area contributed by atoms with Crippen molar-refractivity contribution in [2.75, 3.05) is 6.26 Å². The van der Waals surface area contributed by atoms with Crippen LogP contribution >= 0.6 is 23.1 Å². The van der Waals surface area contributed by atoms with E-state index in [1.807, 2.05) is 6.26 Å². The van der Waals surface area contributed by atoms with E-state index >= 15 is 0 Å². The van der Waals surface area contributed by atoms with Gasteiger partial charge >= 0.3 is 0 Å². The SMILES string of the molecule is CSCc1ncc(C(C)O)s1. The monoisotopic (exact) mass is 189 g/mol. The van der Waals surface area contributed by atoms with Gasteiger partial charge in [-0.2, -0.15) is 11.8 Å². The molecule has 0 aliphatic rings. The van der Waals surface area contributed by atoms with Crippen molar-refractivity contribution in [2.24, 2.45) is 0 Å². The number of rotatable bonds is 3. The van der Waals surface area contributed by atoms with Gasteiger partial charge in [-0.25, -0.2) is 4.98 Å². The molecule has 0 bridgehead atoms. The second-order valence-electron chi connectivity index (χ2n) is 2.27. The van der Waals surface area contributed by atoms with Crippen LogP contribution in [0.25, 0.3) is 0 Å². The van der Waals surface area contributed by atoms with Crippen LogP contribution in [0.15, 0.2) is 6.20 Å². The minimum Gasteiger partial charge on any atom is -0.388 e. The summed E-state index contributed by atoms with van der Waals surface area (Å²) in [5, 5.41) is 10.3. The van der Waals surface area contributed by atoms with Gasteiger partial charge in [-0.3, -0.25) is 0 Å². The molecule has 1 aromatic rings. The highest BCUT2D eigenvalue weighted by Crippen LogP contribution is 2.22. The van der Waals surface area contributed by atoms with Crippen molar-refractivity contribution in [3.8, 4) is 0 Å². The fraction of sp³-hybridized carbons (Fsp3) is 0.571. The topological polar surface area (TPSA) is 33.1 Å². The van der Waals surface area contributed by atoms with E-state index in [0.717, 1.165) is 15.6 Å². The number of aliphatic hydroxyl groups excluding tert-OH is 1. The first-order valence-electron chi connectivity index (χ1n) is 3.35.